The molecular weight excluding hydrogens is 378 g/mol. The Morgan fingerprint density at radius 2 is 1.89 bits per heavy atom. The number of halogens is 1. The third-order valence-electron chi connectivity index (χ3n) is 4.76. The van der Waals surface area contributed by atoms with Gasteiger partial charge in [-0.1, -0.05) is 23.7 Å². The topological polar surface area (TPSA) is 107 Å². The van der Waals surface area contributed by atoms with Crippen LogP contribution < -0.4 is 17.0 Å². The van der Waals surface area contributed by atoms with Crippen molar-refractivity contribution in [3.63, 3.8) is 0 Å². The quantitative estimate of drug-likeness (QED) is 0.408. The monoisotopic (exact) mass is 395 g/mol. The lowest BCUT2D eigenvalue weighted by molar-refractivity contribution is 0.649. The zero-order chi connectivity index (χ0) is 19.8. The summed E-state index contributed by atoms with van der Waals surface area (Å²) in [6.07, 6.45) is 1.58. The second-order valence-corrected chi connectivity index (χ2v) is 7.17. The fourth-order valence-corrected chi connectivity index (χ4v) is 3.41. The standard InChI is InChI=1S/C20H18ClN5O2/c1-11-9-15-16(10-14(11)22)26(8-2-3-12-4-6-13(21)7-5-12)18-17(23-15)19(27)25-20(28)24-18/h4-7,9-10H,2-3,8,22H2,1H3,(H,25,27,28). The van der Waals surface area contributed by atoms with E-state index in [0.29, 0.717) is 22.8 Å². The van der Waals surface area contributed by atoms with Crippen LogP contribution >= 0.6 is 11.6 Å². The van der Waals surface area contributed by atoms with Crippen LogP contribution in [0.3, 0.4) is 0 Å². The summed E-state index contributed by atoms with van der Waals surface area (Å²) in [5.74, 6) is 0.264. The van der Waals surface area contributed by atoms with E-state index < -0.39 is 11.2 Å². The summed E-state index contributed by atoms with van der Waals surface area (Å²) in [6.45, 7) is 2.44. The van der Waals surface area contributed by atoms with Crippen molar-refractivity contribution in [1.29, 1.82) is 0 Å². The summed E-state index contributed by atoms with van der Waals surface area (Å²) in [7, 11) is 0. The molecule has 28 heavy (non-hydrogen) atoms. The Labute approximate surface area is 165 Å². The first-order valence-corrected chi connectivity index (χ1v) is 9.25. The van der Waals surface area contributed by atoms with Crippen LogP contribution in [0.2, 0.25) is 5.02 Å². The van der Waals surface area contributed by atoms with Gasteiger partial charge in [0.2, 0.25) is 0 Å². The molecule has 7 nitrogen and oxygen atoms in total. The van der Waals surface area contributed by atoms with Crippen molar-refractivity contribution in [2.24, 2.45) is 0 Å². The molecule has 2 aromatic carbocycles. The molecule has 3 N–H and O–H groups in total. The summed E-state index contributed by atoms with van der Waals surface area (Å²) in [5, 5.41) is 0.696. The van der Waals surface area contributed by atoms with Crippen molar-refractivity contribution in [2.45, 2.75) is 26.3 Å². The van der Waals surface area contributed by atoms with E-state index in [1.807, 2.05) is 47.9 Å². The van der Waals surface area contributed by atoms with Gasteiger partial charge in [-0.2, -0.15) is 4.98 Å². The number of aromatic amines is 1. The third kappa shape index (κ3) is 3.36. The lowest BCUT2D eigenvalue weighted by atomic mass is 10.1. The van der Waals surface area contributed by atoms with Crippen molar-refractivity contribution in [3.8, 4) is 11.5 Å². The van der Waals surface area contributed by atoms with Crippen molar-refractivity contribution in [2.75, 3.05) is 5.73 Å². The Balaban J connectivity index is 1.81. The molecule has 0 saturated heterocycles. The van der Waals surface area contributed by atoms with Crippen LogP contribution in [0.25, 0.3) is 22.6 Å². The van der Waals surface area contributed by atoms with E-state index in [2.05, 4.69) is 15.0 Å². The smallest absolute Gasteiger partial charge is 0.349 e. The number of fused-ring (bicyclic) bond motifs is 2. The first-order valence-electron chi connectivity index (χ1n) is 8.87. The van der Waals surface area contributed by atoms with Crippen LogP contribution in [0.5, 0.6) is 0 Å². The van der Waals surface area contributed by atoms with Crippen LogP contribution in [0.1, 0.15) is 17.5 Å². The molecule has 0 spiro atoms. The Kier molecular flexibility index (Phi) is 4.60. The van der Waals surface area contributed by atoms with Gasteiger partial charge in [0.25, 0.3) is 5.56 Å². The molecule has 0 amide bonds. The molecule has 2 aliphatic rings. The largest absolute Gasteiger partial charge is 0.398 e. The van der Waals surface area contributed by atoms with Gasteiger partial charge in [-0.3, -0.25) is 9.78 Å². The predicted octanol–water partition coefficient (Wildman–Crippen LogP) is 2.76. The number of nitrogens with two attached hydrogens (primary N) is 1. The van der Waals surface area contributed by atoms with Crippen LogP contribution in [0.15, 0.2) is 46.0 Å². The van der Waals surface area contributed by atoms with Crippen LogP contribution in [0.4, 0.5) is 5.69 Å². The number of aromatic nitrogens is 4. The van der Waals surface area contributed by atoms with Gasteiger partial charge in [0.1, 0.15) is 0 Å². The summed E-state index contributed by atoms with van der Waals surface area (Å²) in [5.41, 5.74) is 9.01. The third-order valence-corrected chi connectivity index (χ3v) is 5.01. The van der Waals surface area contributed by atoms with E-state index in [1.165, 1.54) is 0 Å². The van der Waals surface area contributed by atoms with Crippen LogP contribution in [-0.4, -0.2) is 19.5 Å². The fourth-order valence-electron chi connectivity index (χ4n) is 3.28. The number of hydrogen-bond acceptors (Lipinski definition) is 5. The highest BCUT2D eigenvalue weighted by Crippen LogP contribution is 2.25. The van der Waals surface area contributed by atoms with Gasteiger partial charge in [0.15, 0.2) is 11.5 Å². The normalized spacial score (nSPS) is 11.4. The molecule has 0 saturated carbocycles. The second kappa shape index (κ2) is 7.09. The highest BCUT2D eigenvalue weighted by Gasteiger charge is 2.19. The maximum absolute atomic E-state index is 12.3. The summed E-state index contributed by atoms with van der Waals surface area (Å²) < 4.78 is 1.85. The molecule has 2 aromatic rings. The van der Waals surface area contributed by atoms with Crippen LogP contribution in [-0.2, 0) is 13.0 Å². The number of nitrogen functional groups attached to an aromatic ring is 1. The molecule has 8 heteroatoms. The van der Waals surface area contributed by atoms with Gasteiger partial charge in [-0.25, -0.2) is 9.78 Å². The number of anilines is 1. The lowest BCUT2D eigenvalue weighted by Crippen LogP contribution is -2.29. The molecule has 2 heterocycles. The van der Waals surface area contributed by atoms with Crippen molar-refractivity contribution < 1.29 is 0 Å². The Morgan fingerprint density at radius 3 is 2.64 bits per heavy atom. The van der Waals surface area contributed by atoms with Crippen molar-refractivity contribution in [1.82, 2.24) is 19.5 Å². The maximum atomic E-state index is 12.3. The number of aryl methyl sites for hydroxylation is 3. The molecule has 0 aromatic heterocycles. The van der Waals surface area contributed by atoms with E-state index in [1.54, 1.807) is 0 Å². The molecule has 0 unspecified atom stereocenters. The molecular formula is C20H18ClN5O2. The van der Waals surface area contributed by atoms with Crippen molar-refractivity contribution in [3.05, 3.63) is 73.4 Å². The Bertz CT molecular complexity index is 1260. The molecule has 0 bridgehead atoms. The molecule has 4 rings (SSSR count). The average molecular weight is 396 g/mol. The van der Waals surface area contributed by atoms with E-state index in [-0.39, 0.29) is 11.5 Å². The summed E-state index contributed by atoms with van der Waals surface area (Å²) >= 11 is 5.94. The summed E-state index contributed by atoms with van der Waals surface area (Å²) in [6, 6.07) is 11.3. The highest BCUT2D eigenvalue weighted by molar-refractivity contribution is 6.30. The van der Waals surface area contributed by atoms with Gasteiger partial charge in [-0.15, -0.1) is 0 Å². The Morgan fingerprint density at radius 1 is 1.14 bits per heavy atom. The van der Waals surface area contributed by atoms with E-state index in [9.17, 15) is 9.59 Å². The first kappa shape index (κ1) is 18.2. The molecule has 0 fully saturated rings. The number of nitrogens with zero attached hydrogens (tertiary/aromatic N) is 3. The minimum absolute atomic E-state index is 0.141. The molecule has 142 valence electrons. The van der Waals surface area contributed by atoms with Gasteiger partial charge in [-0.05, 0) is 55.2 Å². The number of rotatable bonds is 4. The minimum atomic E-state index is -0.690. The van der Waals surface area contributed by atoms with E-state index >= 15 is 0 Å². The number of hydrogen-bond donors (Lipinski definition) is 2. The van der Waals surface area contributed by atoms with Gasteiger partial charge < -0.3 is 10.3 Å². The minimum Gasteiger partial charge on any atom is -0.398 e. The maximum Gasteiger partial charge on any atom is 0.349 e. The molecule has 2 aliphatic heterocycles. The first-order chi connectivity index (χ1) is 13.4. The zero-order valence-corrected chi connectivity index (χ0v) is 16.0. The molecule has 0 radical (unpaired) electrons. The SMILES string of the molecule is Cc1cc2nc3c(=O)[nH]c(=O)nc-3n(CCCc3ccc(Cl)cc3)c2cc1N. The van der Waals surface area contributed by atoms with E-state index in [4.69, 9.17) is 17.3 Å². The van der Waals surface area contributed by atoms with Crippen molar-refractivity contribution >= 4 is 28.3 Å². The zero-order valence-electron chi connectivity index (χ0n) is 15.2. The van der Waals surface area contributed by atoms with E-state index in [0.717, 1.165) is 29.5 Å². The number of nitrogens with one attached hydrogen (secondary N) is 1. The highest BCUT2D eigenvalue weighted by atomic mass is 35.5. The van der Waals surface area contributed by atoms with Gasteiger partial charge in [0.05, 0.1) is 11.0 Å². The summed E-state index contributed by atoms with van der Waals surface area (Å²) in [4.78, 5) is 34.7. The predicted molar refractivity (Wildman–Crippen MR) is 110 cm³/mol. The van der Waals surface area contributed by atoms with Crippen LogP contribution in [0, 0.1) is 6.92 Å². The van der Waals surface area contributed by atoms with Gasteiger partial charge >= 0.3 is 5.69 Å². The molecule has 0 aliphatic carbocycles. The average Bonchev–Trinajstić information content (AvgIpc) is 2.65. The number of H-pyrrole nitrogens is 1. The second-order valence-electron chi connectivity index (χ2n) is 6.73. The van der Waals surface area contributed by atoms with Gasteiger partial charge in [0, 0.05) is 17.3 Å². The molecule has 0 atom stereocenters. The lowest BCUT2D eigenvalue weighted by Gasteiger charge is -2.17. The fraction of sp³-hybridized carbons (Fsp3) is 0.200. The Hall–Kier alpha value is -3.19. The number of benzene rings is 2.